The quantitative estimate of drug-likeness (QED) is 0.883. The molecule has 0 saturated heterocycles. The fourth-order valence-corrected chi connectivity index (χ4v) is 2.69. The van der Waals surface area contributed by atoms with Crippen LogP contribution in [0.15, 0.2) is 24.3 Å². The van der Waals surface area contributed by atoms with E-state index in [2.05, 4.69) is 12.2 Å². The van der Waals surface area contributed by atoms with Crippen LogP contribution in [0.4, 0.5) is 5.69 Å². The van der Waals surface area contributed by atoms with Crippen molar-refractivity contribution >= 4 is 23.2 Å². The lowest BCUT2D eigenvalue weighted by atomic mass is 9.76. The number of primary amides is 1. The van der Waals surface area contributed by atoms with Crippen molar-refractivity contribution in [3.63, 3.8) is 0 Å². The molecule has 1 aliphatic rings. The SMILES string of the molecule is CC1CCC(Nc2ccccc2Cl)(C(N)=O)CC1. The van der Waals surface area contributed by atoms with E-state index in [0.717, 1.165) is 31.4 Å². The molecule has 2 rings (SSSR count). The van der Waals surface area contributed by atoms with Crippen LogP contribution in [0.25, 0.3) is 0 Å². The molecule has 1 aromatic rings. The van der Waals surface area contributed by atoms with Gasteiger partial charge in [-0.25, -0.2) is 0 Å². The lowest BCUT2D eigenvalue weighted by molar-refractivity contribution is -0.123. The maximum atomic E-state index is 11.8. The summed E-state index contributed by atoms with van der Waals surface area (Å²) in [6, 6.07) is 7.46. The maximum Gasteiger partial charge on any atom is 0.243 e. The molecular weight excluding hydrogens is 248 g/mol. The Hall–Kier alpha value is -1.22. The smallest absolute Gasteiger partial charge is 0.243 e. The molecule has 0 unspecified atom stereocenters. The second-order valence-corrected chi connectivity index (χ2v) is 5.64. The highest BCUT2D eigenvalue weighted by atomic mass is 35.5. The first-order valence-electron chi connectivity index (χ1n) is 6.36. The third-order valence-electron chi connectivity index (χ3n) is 3.85. The van der Waals surface area contributed by atoms with Gasteiger partial charge in [0.15, 0.2) is 0 Å². The molecule has 0 bridgehead atoms. The summed E-state index contributed by atoms with van der Waals surface area (Å²) in [7, 11) is 0. The number of rotatable bonds is 3. The van der Waals surface area contributed by atoms with Crippen molar-refractivity contribution in [1.82, 2.24) is 0 Å². The Bertz CT molecular complexity index is 439. The fourth-order valence-electron chi connectivity index (χ4n) is 2.51. The molecule has 0 spiro atoms. The molecule has 18 heavy (non-hydrogen) atoms. The van der Waals surface area contributed by atoms with Gasteiger partial charge in [0.05, 0.1) is 10.7 Å². The highest BCUT2D eigenvalue weighted by molar-refractivity contribution is 6.33. The number of amides is 1. The van der Waals surface area contributed by atoms with Crippen molar-refractivity contribution in [2.75, 3.05) is 5.32 Å². The van der Waals surface area contributed by atoms with Gasteiger partial charge < -0.3 is 11.1 Å². The molecule has 3 N–H and O–H groups in total. The predicted molar refractivity (Wildman–Crippen MR) is 74.6 cm³/mol. The lowest BCUT2D eigenvalue weighted by Gasteiger charge is -2.38. The number of halogens is 1. The molecule has 0 heterocycles. The summed E-state index contributed by atoms with van der Waals surface area (Å²) in [5, 5.41) is 3.90. The first-order chi connectivity index (χ1) is 8.53. The summed E-state index contributed by atoms with van der Waals surface area (Å²) in [5.74, 6) is 0.375. The zero-order valence-electron chi connectivity index (χ0n) is 10.6. The van der Waals surface area contributed by atoms with Crippen LogP contribution in [0.2, 0.25) is 5.02 Å². The van der Waals surface area contributed by atoms with Gasteiger partial charge in [0.2, 0.25) is 5.91 Å². The van der Waals surface area contributed by atoms with Crippen LogP contribution >= 0.6 is 11.6 Å². The highest BCUT2D eigenvalue weighted by Gasteiger charge is 2.39. The summed E-state index contributed by atoms with van der Waals surface area (Å²) in [5.41, 5.74) is 5.74. The van der Waals surface area contributed by atoms with E-state index >= 15 is 0 Å². The third kappa shape index (κ3) is 2.61. The highest BCUT2D eigenvalue weighted by Crippen LogP contribution is 2.36. The van der Waals surface area contributed by atoms with Gasteiger partial charge >= 0.3 is 0 Å². The number of carbonyl (C=O) groups is 1. The molecule has 98 valence electrons. The maximum absolute atomic E-state index is 11.8. The number of carbonyl (C=O) groups excluding carboxylic acids is 1. The average molecular weight is 267 g/mol. The van der Waals surface area contributed by atoms with Crippen molar-refractivity contribution in [2.24, 2.45) is 11.7 Å². The molecule has 4 heteroatoms. The standard InChI is InChI=1S/C14H19ClN2O/c1-10-6-8-14(9-7-10,13(16)18)17-12-5-3-2-4-11(12)15/h2-5,10,17H,6-9H2,1H3,(H2,16,18). The largest absolute Gasteiger partial charge is 0.370 e. The molecular formula is C14H19ClN2O. The van der Waals surface area contributed by atoms with E-state index in [9.17, 15) is 4.79 Å². The van der Waals surface area contributed by atoms with Crippen molar-refractivity contribution in [3.8, 4) is 0 Å². The normalized spacial score (nSPS) is 27.8. The minimum atomic E-state index is -0.641. The van der Waals surface area contributed by atoms with Gasteiger partial charge in [0, 0.05) is 0 Å². The Morgan fingerprint density at radius 1 is 1.39 bits per heavy atom. The van der Waals surface area contributed by atoms with E-state index in [0.29, 0.717) is 10.9 Å². The monoisotopic (exact) mass is 266 g/mol. The number of hydrogen-bond acceptors (Lipinski definition) is 2. The molecule has 1 fully saturated rings. The molecule has 1 amide bonds. The van der Waals surface area contributed by atoms with Gasteiger partial charge in [-0.05, 0) is 43.7 Å². The van der Waals surface area contributed by atoms with E-state index in [1.54, 1.807) is 0 Å². The Morgan fingerprint density at radius 2 is 2.00 bits per heavy atom. The van der Waals surface area contributed by atoms with Crippen molar-refractivity contribution in [2.45, 2.75) is 38.1 Å². The minimum Gasteiger partial charge on any atom is -0.370 e. The molecule has 0 radical (unpaired) electrons. The van der Waals surface area contributed by atoms with Gasteiger partial charge in [-0.1, -0.05) is 30.7 Å². The van der Waals surface area contributed by atoms with Crippen molar-refractivity contribution in [1.29, 1.82) is 0 Å². The summed E-state index contributed by atoms with van der Waals surface area (Å²) in [6.45, 7) is 2.21. The summed E-state index contributed by atoms with van der Waals surface area (Å²) < 4.78 is 0. The molecule has 0 atom stereocenters. The molecule has 1 aliphatic carbocycles. The van der Waals surface area contributed by atoms with Crippen LogP contribution in [0.1, 0.15) is 32.6 Å². The van der Waals surface area contributed by atoms with Gasteiger partial charge in [-0.2, -0.15) is 0 Å². The number of nitrogens with one attached hydrogen (secondary N) is 1. The van der Waals surface area contributed by atoms with E-state index in [-0.39, 0.29) is 5.91 Å². The van der Waals surface area contributed by atoms with Crippen LogP contribution < -0.4 is 11.1 Å². The van der Waals surface area contributed by atoms with E-state index in [1.807, 2.05) is 24.3 Å². The number of anilines is 1. The van der Waals surface area contributed by atoms with Crippen LogP contribution in [0.5, 0.6) is 0 Å². The second-order valence-electron chi connectivity index (χ2n) is 5.23. The predicted octanol–water partition coefficient (Wildman–Crippen LogP) is 3.19. The molecule has 0 aliphatic heterocycles. The average Bonchev–Trinajstić information content (AvgIpc) is 2.35. The zero-order valence-corrected chi connectivity index (χ0v) is 11.3. The number of nitrogens with two attached hydrogens (primary N) is 1. The van der Waals surface area contributed by atoms with E-state index < -0.39 is 5.54 Å². The van der Waals surface area contributed by atoms with Gasteiger partial charge in [0.1, 0.15) is 5.54 Å². The van der Waals surface area contributed by atoms with E-state index in [4.69, 9.17) is 17.3 Å². The summed E-state index contributed by atoms with van der Waals surface area (Å²) in [4.78, 5) is 11.8. The zero-order chi connectivity index (χ0) is 13.2. The van der Waals surface area contributed by atoms with Crippen molar-refractivity contribution in [3.05, 3.63) is 29.3 Å². The first-order valence-corrected chi connectivity index (χ1v) is 6.74. The van der Waals surface area contributed by atoms with Crippen LogP contribution in [-0.4, -0.2) is 11.4 Å². The summed E-state index contributed by atoms with van der Waals surface area (Å²) in [6.07, 6.45) is 3.57. The van der Waals surface area contributed by atoms with Crippen LogP contribution in [0.3, 0.4) is 0 Å². The van der Waals surface area contributed by atoms with Gasteiger partial charge in [-0.3, -0.25) is 4.79 Å². The lowest BCUT2D eigenvalue weighted by Crippen LogP contribution is -2.52. The molecule has 1 aromatic carbocycles. The van der Waals surface area contributed by atoms with Gasteiger partial charge in [0.25, 0.3) is 0 Å². The number of benzene rings is 1. The fraction of sp³-hybridized carbons (Fsp3) is 0.500. The number of para-hydroxylation sites is 1. The third-order valence-corrected chi connectivity index (χ3v) is 4.18. The van der Waals surface area contributed by atoms with Crippen LogP contribution in [-0.2, 0) is 4.79 Å². The van der Waals surface area contributed by atoms with Crippen LogP contribution in [0, 0.1) is 5.92 Å². The Morgan fingerprint density at radius 3 is 2.56 bits per heavy atom. The van der Waals surface area contributed by atoms with Crippen molar-refractivity contribution < 1.29 is 4.79 Å². The Kier molecular flexibility index (Phi) is 3.81. The second kappa shape index (κ2) is 5.19. The topological polar surface area (TPSA) is 55.1 Å². The molecule has 3 nitrogen and oxygen atoms in total. The Labute approximate surface area is 113 Å². The first kappa shape index (κ1) is 13.2. The van der Waals surface area contributed by atoms with E-state index in [1.165, 1.54) is 0 Å². The number of hydrogen-bond donors (Lipinski definition) is 2. The van der Waals surface area contributed by atoms with Gasteiger partial charge in [-0.15, -0.1) is 0 Å². The summed E-state index contributed by atoms with van der Waals surface area (Å²) >= 11 is 6.12. The minimum absolute atomic E-state index is 0.283. The Balaban J connectivity index is 2.22. The molecule has 1 saturated carbocycles. The molecule has 0 aromatic heterocycles.